The molecule has 0 spiro atoms. The first-order valence-electron chi connectivity index (χ1n) is 8.15. The molecule has 0 radical (unpaired) electrons. The maximum atomic E-state index is 12.5. The van der Waals surface area contributed by atoms with Crippen LogP contribution >= 0.6 is 0 Å². The van der Waals surface area contributed by atoms with Gasteiger partial charge < -0.3 is 10.1 Å². The first kappa shape index (κ1) is 18.6. The van der Waals surface area contributed by atoms with Crippen LogP contribution in [0.2, 0.25) is 0 Å². The van der Waals surface area contributed by atoms with Gasteiger partial charge in [-0.2, -0.15) is 0 Å². The molecule has 25 heavy (non-hydrogen) atoms. The predicted molar refractivity (Wildman–Crippen MR) is 94.1 cm³/mol. The van der Waals surface area contributed by atoms with Crippen LogP contribution in [-0.4, -0.2) is 34.6 Å². The average Bonchev–Trinajstić information content (AvgIpc) is 2.56. The van der Waals surface area contributed by atoms with E-state index in [1.165, 1.54) is 18.0 Å². The lowest BCUT2D eigenvalue weighted by Gasteiger charge is -2.18. The summed E-state index contributed by atoms with van der Waals surface area (Å²) in [5, 5.41) is 3.09. The lowest BCUT2D eigenvalue weighted by molar-refractivity contribution is -0.145. The molecule has 0 fully saturated rings. The molecule has 0 aliphatic rings. The Morgan fingerprint density at radius 2 is 2.04 bits per heavy atom. The van der Waals surface area contributed by atoms with Crippen molar-refractivity contribution in [2.24, 2.45) is 5.92 Å². The van der Waals surface area contributed by atoms with E-state index >= 15 is 0 Å². The minimum absolute atomic E-state index is 0.206. The molecule has 0 bridgehead atoms. The van der Waals surface area contributed by atoms with Crippen LogP contribution < -0.4 is 10.9 Å². The number of ether oxygens (including phenoxy) is 1. The third-order valence-corrected chi connectivity index (χ3v) is 3.90. The zero-order valence-electron chi connectivity index (χ0n) is 14.9. The Kier molecular flexibility index (Phi) is 5.90. The summed E-state index contributed by atoms with van der Waals surface area (Å²) in [7, 11) is 1.28. The van der Waals surface area contributed by atoms with Gasteiger partial charge in [0.05, 0.1) is 24.3 Å². The minimum atomic E-state index is -0.733. The van der Waals surface area contributed by atoms with E-state index in [1.807, 2.05) is 26.8 Å². The Hall–Kier alpha value is -2.70. The fourth-order valence-electron chi connectivity index (χ4n) is 2.67. The summed E-state index contributed by atoms with van der Waals surface area (Å²) < 4.78 is 5.96. The second kappa shape index (κ2) is 7.92. The monoisotopic (exact) mass is 345 g/mol. The number of nitrogens with one attached hydrogen (secondary N) is 1. The lowest BCUT2D eigenvalue weighted by Crippen LogP contribution is -2.44. The minimum Gasteiger partial charge on any atom is -0.467 e. The van der Waals surface area contributed by atoms with Gasteiger partial charge in [-0.3, -0.25) is 14.2 Å². The van der Waals surface area contributed by atoms with Crippen molar-refractivity contribution in [3.63, 3.8) is 0 Å². The zero-order valence-corrected chi connectivity index (χ0v) is 14.9. The van der Waals surface area contributed by atoms with Crippen molar-refractivity contribution in [1.29, 1.82) is 0 Å². The standard InChI is InChI=1S/C18H23N3O4/c1-11(2)8-14(18(24)25-4)20-15(22)9-21-10-19-16-12(3)6-5-7-13(16)17(21)23/h5-7,10-11,14H,8-9H2,1-4H3,(H,20,22). The fourth-order valence-corrected chi connectivity index (χ4v) is 2.67. The Bertz CT molecular complexity index is 842. The number of amides is 1. The van der Waals surface area contributed by atoms with E-state index in [4.69, 9.17) is 4.74 Å². The molecule has 0 aliphatic carbocycles. The maximum Gasteiger partial charge on any atom is 0.328 e. The first-order chi connectivity index (χ1) is 11.8. The fraction of sp³-hybridized carbons (Fsp3) is 0.444. The van der Waals surface area contributed by atoms with Crippen LogP contribution in [0.15, 0.2) is 29.3 Å². The van der Waals surface area contributed by atoms with E-state index in [0.717, 1.165) is 5.56 Å². The molecule has 134 valence electrons. The highest BCUT2D eigenvalue weighted by Crippen LogP contribution is 2.11. The summed E-state index contributed by atoms with van der Waals surface area (Å²) in [6.07, 6.45) is 1.81. The van der Waals surface area contributed by atoms with Crippen LogP contribution in [0.25, 0.3) is 10.9 Å². The van der Waals surface area contributed by atoms with Crippen LogP contribution in [0.4, 0.5) is 0 Å². The molecule has 1 heterocycles. The normalized spacial score (nSPS) is 12.2. The Morgan fingerprint density at radius 3 is 2.68 bits per heavy atom. The van der Waals surface area contributed by atoms with Crippen molar-refractivity contribution in [2.75, 3.05) is 7.11 Å². The van der Waals surface area contributed by atoms with Crippen LogP contribution in [-0.2, 0) is 20.9 Å². The molecule has 7 nitrogen and oxygen atoms in total. The van der Waals surface area contributed by atoms with E-state index in [9.17, 15) is 14.4 Å². The molecule has 1 aromatic heterocycles. The Balaban J connectivity index is 2.20. The van der Waals surface area contributed by atoms with E-state index in [2.05, 4.69) is 10.3 Å². The van der Waals surface area contributed by atoms with E-state index in [0.29, 0.717) is 17.3 Å². The van der Waals surface area contributed by atoms with Crippen molar-refractivity contribution >= 4 is 22.8 Å². The molecule has 1 amide bonds. The van der Waals surface area contributed by atoms with Crippen LogP contribution in [0.3, 0.4) is 0 Å². The summed E-state index contributed by atoms with van der Waals surface area (Å²) >= 11 is 0. The molecule has 0 saturated heterocycles. The van der Waals surface area contributed by atoms with E-state index < -0.39 is 17.9 Å². The molecule has 2 aromatic rings. The number of esters is 1. The smallest absolute Gasteiger partial charge is 0.328 e. The summed E-state index contributed by atoms with van der Waals surface area (Å²) in [6, 6.07) is 4.60. The predicted octanol–water partition coefficient (Wildman–Crippen LogP) is 1.41. The highest BCUT2D eigenvalue weighted by atomic mass is 16.5. The summed E-state index contributed by atoms with van der Waals surface area (Å²) in [5.41, 5.74) is 1.23. The summed E-state index contributed by atoms with van der Waals surface area (Å²) in [6.45, 7) is 5.56. The maximum absolute atomic E-state index is 12.5. The second-order valence-corrected chi connectivity index (χ2v) is 6.42. The molecule has 0 saturated carbocycles. The van der Waals surface area contributed by atoms with E-state index in [-0.39, 0.29) is 18.0 Å². The lowest BCUT2D eigenvalue weighted by atomic mass is 10.0. The summed E-state index contributed by atoms with van der Waals surface area (Å²) in [4.78, 5) is 40.9. The number of hydrogen-bond acceptors (Lipinski definition) is 5. The molecule has 0 aliphatic heterocycles. The zero-order chi connectivity index (χ0) is 18.6. The molecule has 1 N–H and O–H groups in total. The number of hydrogen-bond donors (Lipinski definition) is 1. The average molecular weight is 345 g/mol. The molecule has 7 heteroatoms. The SMILES string of the molecule is COC(=O)C(CC(C)C)NC(=O)Cn1cnc2c(C)cccc2c1=O. The number of methoxy groups -OCH3 is 1. The highest BCUT2D eigenvalue weighted by molar-refractivity contribution is 5.85. The van der Waals surface area contributed by atoms with Gasteiger partial charge in [0, 0.05) is 0 Å². The summed E-state index contributed by atoms with van der Waals surface area (Å²) in [5.74, 6) is -0.731. The third-order valence-electron chi connectivity index (χ3n) is 3.90. The van der Waals surface area contributed by atoms with Gasteiger partial charge in [-0.25, -0.2) is 9.78 Å². The van der Waals surface area contributed by atoms with Crippen LogP contribution in [0, 0.1) is 12.8 Å². The van der Waals surface area contributed by atoms with E-state index in [1.54, 1.807) is 12.1 Å². The molecular weight excluding hydrogens is 322 g/mol. The number of carbonyl (C=O) groups excluding carboxylic acids is 2. The second-order valence-electron chi connectivity index (χ2n) is 6.42. The molecule has 2 rings (SSSR count). The number of nitrogens with zero attached hydrogens (tertiary/aromatic N) is 2. The van der Waals surface area contributed by atoms with Gasteiger partial charge >= 0.3 is 5.97 Å². The number of fused-ring (bicyclic) bond motifs is 1. The van der Waals surface area contributed by atoms with Crippen molar-refractivity contribution in [2.45, 2.75) is 39.8 Å². The molecule has 1 atom stereocenters. The van der Waals surface area contributed by atoms with Crippen molar-refractivity contribution in [1.82, 2.24) is 14.9 Å². The largest absolute Gasteiger partial charge is 0.467 e. The van der Waals surface area contributed by atoms with Gasteiger partial charge in [0.15, 0.2) is 0 Å². The Labute approximate surface area is 146 Å². The van der Waals surface area contributed by atoms with Crippen molar-refractivity contribution < 1.29 is 14.3 Å². The Morgan fingerprint density at radius 1 is 1.32 bits per heavy atom. The topological polar surface area (TPSA) is 90.3 Å². The van der Waals surface area contributed by atoms with Crippen molar-refractivity contribution in [3.8, 4) is 0 Å². The van der Waals surface area contributed by atoms with Gasteiger partial charge in [0.25, 0.3) is 5.56 Å². The molecule has 1 unspecified atom stereocenters. The number of carbonyl (C=O) groups is 2. The van der Waals surface area contributed by atoms with Gasteiger partial charge in [0.1, 0.15) is 12.6 Å². The van der Waals surface area contributed by atoms with Gasteiger partial charge in [0.2, 0.25) is 5.91 Å². The quantitative estimate of drug-likeness (QED) is 0.800. The number of aryl methyl sites for hydroxylation is 1. The number of rotatable bonds is 6. The van der Waals surface area contributed by atoms with Gasteiger partial charge in [-0.1, -0.05) is 26.0 Å². The number of para-hydroxylation sites is 1. The number of aromatic nitrogens is 2. The highest BCUT2D eigenvalue weighted by Gasteiger charge is 2.22. The first-order valence-corrected chi connectivity index (χ1v) is 8.15. The van der Waals surface area contributed by atoms with Crippen LogP contribution in [0.5, 0.6) is 0 Å². The van der Waals surface area contributed by atoms with Crippen molar-refractivity contribution in [3.05, 3.63) is 40.4 Å². The van der Waals surface area contributed by atoms with Crippen LogP contribution in [0.1, 0.15) is 25.8 Å². The molecule has 1 aromatic carbocycles. The third kappa shape index (κ3) is 4.43. The van der Waals surface area contributed by atoms with Gasteiger partial charge in [-0.15, -0.1) is 0 Å². The molecular formula is C18H23N3O4. The van der Waals surface area contributed by atoms with Gasteiger partial charge in [-0.05, 0) is 30.9 Å². The number of benzene rings is 1.